The zero-order chi connectivity index (χ0) is 33.2. The molecule has 0 radical (unpaired) electrons. The van der Waals surface area contributed by atoms with Crippen molar-refractivity contribution < 1.29 is 42.5 Å². The molecule has 1 N–H and O–H groups in total. The van der Waals surface area contributed by atoms with Gasteiger partial charge in [0.25, 0.3) is 0 Å². The van der Waals surface area contributed by atoms with E-state index in [1.807, 2.05) is 0 Å². The van der Waals surface area contributed by atoms with E-state index in [1.54, 1.807) is 84.0 Å². The molecule has 1 aliphatic heterocycles. The van der Waals surface area contributed by atoms with Crippen LogP contribution in [0, 0.1) is 30.1 Å². The average Bonchev–Trinajstić information content (AvgIpc) is 3.50. The first-order valence-corrected chi connectivity index (χ1v) is 16.4. The summed E-state index contributed by atoms with van der Waals surface area (Å²) in [4.78, 5) is 29.7. The summed E-state index contributed by atoms with van der Waals surface area (Å²) in [5.74, 6) is -2.47. The SMILES string of the molecule is Cc1ncnn2c([C@]3(C#N)O[C@H](COP(=O)(C[C@H](C)C(=O)OC(C)C)Oc4ccccc4)[C@@H](OC(=O)C(C)C)[C@@]3(C)O)ccc12. The molecule has 1 saturated heterocycles. The Bertz CT molecular complexity index is 1620. The third-order valence-electron chi connectivity index (χ3n) is 7.48. The largest absolute Gasteiger partial charge is 0.463 e. The Balaban J connectivity index is 1.72. The van der Waals surface area contributed by atoms with Crippen molar-refractivity contribution in [2.75, 3.05) is 12.8 Å². The van der Waals surface area contributed by atoms with Gasteiger partial charge in [0.2, 0.25) is 5.60 Å². The number of hydrogen-bond donors (Lipinski definition) is 1. The number of rotatable bonds is 12. The summed E-state index contributed by atoms with van der Waals surface area (Å²) < 4.78 is 44.8. The number of para-hydroxylation sites is 1. The first-order chi connectivity index (χ1) is 21.1. The summed E-state index contributed by atoms with van der Waals surface area (Å²) in [5, 5.41) is 26.9. The van der Waals surface area contributed by atoms with E-state index in [-0.39, 0.29) is 23.7 Å². The Morgan fingerprint density at radius 3 is 2.44 bits per heavy atom. The highest BCUT2D eigenvalue weighted by Crippen LogP contribution is 2.53. The van der Waals surface area contributed by atoms with Crippen LogP contribution < -0.4 is 4.52 Å². The van der Waals surface area contributed by atoms with E-state index in [9.17, 15) is 24.5 Å². The number of nitriles is 1. The number of benzene rings is 1. The van der Waals surface area contributed by atoms with E-state index in [0.717, 1.165) is 0 Å². The molecule has 1 unspecified atom stereocenters. The number of carbonyl (C=O) groups is 2. The molecule has 0 amide bonds. The van der Waals surface area contributed by atoms with E-state index in [1.165, 1.54) is 17.8 Å². The van der Waals surface area contributed by atoms with Gasteiger partial charge in [-0.1, -0.05) is 39.0 Å². The molecule has 242 valence electrons. The molecule has 1 aliphatic rings. The molecule has 0 saturated carbocycles. The Morgan fingerprint density at radius 1 is 1.13 bits per heavy atom. The molecule has 0 bridgehead atoms. The maximum atomic E-state index is 14.2. The minimum atomic E-state index is -4.14. The zero-order valence-electron chi connectivity index (χ0n) is 26.4. The van der Waals surface area contributed by atoms with Crippen LogP contribution in [0.4, 0.5) is 0 Å². The molecule has 14 heteroatoms. The van der Waals surface area contributed by atoms with Gasteiger partial charge in [0, 0.05) is 0 Å². The first kappa shape index (κ1) is 34.1. The number of aryl methyl sites for hydroxylation is 1. The highest BCUT2D eigenvalue weighted by Gasteiger charge is 2.67. The van der Waals surface area contributed by atoms with Crippen molar-refractivity contribution >= 4 is 25.1 Å². The lowest BCUT2D eigenvalue weighted by Crippen LogP contribution is -2.54. The van der Waals surface area contributed by atoms with Gasteiger partial charge in [-0.05, 0) is 52.0 Å². The molecule has 2 aromatic heterocycles. The third-order valence-corrected chi connectivity index (χ3v) is 9.51. The number of ether oxygens (including phenoxy) is 3. The fourth-order valence-corrected chi connectivity index (χ4v) is 6.96. The first-order valence-electron chi connectivity index (χ1n) is 14.6. The summed E-state index contributed by atoms with van der Waals surface area (Å²) in [6.07, 6.45) is -2.19. The zero-order valence-corrected chi connectivity index (χ0v) is 27.3. The Labute approximate surface area is 261 Å². The number of fused-ring (bicyclic) bond motifs is 1. The van der Waals surface area contributed by atoms with Crippen molar-refractivity contribution in [2.45, 2.75) is 78.0 Å². The van der Waals surface area contributed by atoms with E-state index in [4.69, 9.17) is 23.3 Å². The van der Waals surface area contributed by atoms with Gasteiger partial charge in [-0.3, -0.25) is 14.1 Å². The molecule has 0 aliphatic carbocycles. The highest BCUT2D eigenvalue weighted by atomic mass is 31.2. The Hall–Kier alpha value is -3.82. The number of carbonyl (C=O) groups excluding carboxylic acids is 2. The fraction of sp³-hybridized carbons (Fsp3) is 0.516. The molecular weight excluding hydrogens is 603 g/mol. The van der Waals surface area contributed by atoms with Crippen LogP contribution in [0.1, 0.15) is 52.9 Å². The minimum absolute atomic E-state index is 0.164. The van der Waals surface area contributed by atoms with Gasteiger partial charge in [0.1, 0.15) is 29.9 Å². The average molecular weight is 643 g/mol. The van der Waals surface area contributed by atoms with Gasteiger partial charge in [0.05, 0.1) is 47.6 Å². The van der Waals surface area contributed by atoms with E-state index < -0.39 is 61.4 Å². The van der Waals surface area contributed by atoms with Crippen molar-refractivity contribution in [3.05, 3.63) is 60.2 Å². The Kier molecular flexibility index (Phi) is 10.0. The smallest absolute Gasteiger partial charge is 0.380 e. The minimum Gasteiger partial charge on any atom is -0.463 e. The van der Waals surface area contributed by atoms with Gasteiger partial charge in [-0.25, -0.2) is 14.1 Å². The summed E-state index contributed by atoms with van der Waals surface area (Å²) in [6.45, 7) is 10.7. The predicted octanol–water partition coefficient (Wildman–Crippen LogP) is 4.35. The van der Waals surface area contributed by atoms with Crippen molar-refractivity contribution in [3.8, 4) is 11.8 Å². The molecule has 13 nitrogen and oxygen atoms in total. The lowest BCUT2D eigenvalue weighted by Gasteiger charge is -2.34. The maximum Gasteiger partial charge on any atom is 0.380 e. The number of esters is 2. The van der Waals surface area contributed by atoms with E-state index in [0.29, 0.717) is 11.2 Å². The van der Waals surface area contributed by atoms with Crippen LogP contribution in [0.15, 0.2) is 48.8 Å². The van der Waals surface area contributed by atoms with Crippen LogP contribution in [0.5, 0.6) is 5.75 Å². The van der Waals surface area contributed by atoms with Crippen LogP contribution in [-0.2, 0) is 38.5 Å². The predicted molar refractivity (Wildman–Crippen MR) is 161 cm³/mol. The molecule has 3 aromatic rings. The third kappa shape index (κ3) is 6.89. The summed E-state index contributed by atoms with van der Waals surface area (Å²) in [6, 6.07) is 13.6. The molecule has 6 atom stereocenters. The number of aromatic nitrogens is 3. The van der Waals surface area contributed by atoms with Crippen LogP contribution in [0.25, 0.3) is 5.52 Å². The Morgan fingerprint density at radius 2 is 1.82 bits per heavy atom. The van der Waals surface area contributed by atoms with Gasteiger partial charge >= 0.3 is 19.5 Å². The summed E-state index contributed by atoms with van der Waals surface area (Å²) in [7, 11) is -4.14. The molecule has 1 fully saturated rings. The maximum absolute atomic E-state index is 14.2. The van der Waals surface area contributed by atoms with Gasteiger partial charge in [0.15, 0.2) is 6.10 Å². The second-order valence-electron chi connectivity index (χ2n) is 11.9. The van der Waals surface area contributed by atoms with Crippen molar-refractivity contribution in [3.63, 3.8) is 0 Å². The van der Waals surface area contributed by atoms with E-state index in [2.05, 4.69) is 16.2 Å². The second kappa shape index (κ2) is 13.3. The molecular formula is C31H39N4O9P. The molecule has 1 aromatic carbocycles. The number of nitrogens with zero attached hydrogens (tertiary/aromatic N) is 4. The van der Waals surface area contributed by atoms with E-state index >= 15 is 0 Å². The molecule has 45 heavy (non-hydrogen) atoms. The number of hydrogen-bond acceptors (Lipinski definition) is 12. The van der Waals surface area contributed by atoms with Crippen molar-refractivity contribution in [1.29, 1.82) is 5.26 Å². The van der Waals surface area contributed by atoms with Crippen LogP contribution in [-0.4, -0.2) is 68.3 Å². The summed E-state index contributed by atoms with van der Waals surface area (Å²) >= 11 is 0. The fourth-order valence-electron chi connectivity index (χ4n) is 5.09. The summed E-state index contributed by atoms with van der Waals surface area (Å²) in [5.41, 5.74) is -2.91. The second-order valence-corrected chi connectivity index (χ2v) is 13.9. The van der Waals surface area contributed by atoms with Crippen molar-refractivity contribution in [1.82, 2.24) is 14.6 Å². The highest BCUT2D eigenvalue weighted by molar-refractivity contribution is 7.54. The van der Waals surface area contributed by atoms with Crippen molar-refractivity contribution in [2.24, 2.45) is 11.8 Å². The van der Waals surface area contributed by atoms with Crippen LogP contribution >= 0.6 is 7.60 Å². The molecule has 4 rings (SSSR count). The van der Waals surface area contributed by atoms with Crippen LogP contribution in [0.3, 0.4) is 0 Å². The van der Waals surface area contributed by atoms with Gasteiger partial charge in [-0.2, -0.15) is 10.4 Å². The molecule has 3 heterocycles. The topological polar surface area (TPSA) is 172 Å². The normalized spacial score (nSPS) is 25.1. The van der Waals surface area contributed by atoms with Crippen LogP contribution in [0.2, 0.25) is 0 Å². The van der Waals surface area contributed by atoms with Gasteiger partial charge in [-0.15, -0.1) is 0 Å². The molecule has 0 spiro atoms. The quantitative estimate of drug-likeness (QED) is 0.219. The van der Waals surface area contributed by atoms with Gasteiger partial charge < -0.3 is 23.8 Å². The standard InChI is InChI=1S/C31H39N4O9P/c1-19(2)28(36)42-27-25(43-31(17-32,30(27,7)38)26-14-13-24-22(6)33-18-34-35(24)26)15-40-45(39,44-23-11-9-8-10-12-23)16-21(5)29(37)41-20(3)4/h8-14,18-21,25,27,38H,15-16H2,1-7H3/t21-,25+,27+,30+,31-,45?/m0/s1. The monoisotopic (exact) mass is 642 g/mol. The number of aliphatic hydroxyl groups is 1. The lowest BCUT2D eigenvalue weighted by molar-refractivity contribution is -0.168. The lowest BCUT2D eigenvalue weighted by atomic mass is 9.80.